The van der Waals surface area contributed by atoms with Gasteiger partial charge in [-0.3, -0.25) is 0 Å². The van der Waals surface area contributed by atoms with Gasteiger partial charge in [-0.25, -0.2) is 13.2 Å². The van der Waals surface area contributed by atoms with Crippen LogP contribution in [-0.2, 0) is 25.7 Å². The van der Waals surface area contributed by atoms with Crippen molar-refractivity contribution < 1.29 is 31.1 Å². The first kappa shape index (κ1) is 82.3. The van der Waals surface area contributed by atoms with Crippen molar-refractivity contribution in [1.82, 2.24) is 0 Å². The van der Waals surface area contributed by atoms with Crippen molar-refractivity contribution in [3.8, 4) is 5.75 Å². The standard InChI is InChI=1S/C12H15F3O.2C12H18.C11H16.C10H20.C8H14F2.C8H15F.C8H16/c1-11(2,3)8-9-4-6-10(7-5-9)16-12(13,14)15;2*1-10-5-7-11(8-6-10)9-12(2,3)4;1-11(2,3)9-10-7-5-4-6-8-10;1-9(2,3)6-8-7-10(8,4)5;1-7(2,3)4-6-5-8(6,9)10;1-8(2,3)5-6-4-7(6)9;1-8(2,3)6-7-4-5-7/h4-7H,8H2,1-3H3;2*5-8H,9H2,1-4H3;4-8H,9H2,1-3H3;8H,6-7H2,1-5H3;6H,4-5H2,1-3H3;6-7H,4-5H2,1-3H3;7H,4-6H2,1-3H3. The number of aryl methyl sites for hydroxylation is 2. The van der Waals surface area contributed by atoms with Crippen LogP contribution in [0.1, 0.15) is 271 Å². The molecule has 4 unspecified atom stereocenters. The lowest BCUT2D eigenvalue weighted by atomic mass is 9.87. The zero-order chi connectivity index (χ0) is 68.3. The molecular weight excluding hydrogens is 1100 g/mol. The van der Waals surface area contributed by atoms with E-state index in [2.05, 4.69) is 257 Å². The highest BCUT2D eigenvalue weighted by atomic mass is 19.4. The van der Waals surface area contributed by atoms with Gasteiger partial charge < -0.3 is 4.74 Å². The van der Waals surface area contributed by atoms with E-state index in [1.54, 1.807) is 12.1 Å². The van der Waals surface area contributed by atoms with Crippen LogP contribution in [0.3, 0.4) is 0 Å². The molecule has 0 radical (unpaired) electrons. The molecule has 4 saturated carbocycles. The van der Waals surface area contributed by atoms with Crippen molar-refractivity contribution in [2.45, 2.75) is 296 Å². The molecule has 0 amide bonds. The normalized spacial score (nSPS) is 19.3. The molecule has 4 atom stereocenters. The fourth-order valence-corrected chi connectivity index (χ4v) is 10.6. The first-order valence-corrected chi connectivity index (χ1v) is 33.4. The average molecular weight is 1240 g/mol. The summed E-state index contributed by atoms with van der Waals surface area (Å²) in [5.41, 5.74) is 11.5. The lowest BCUT2D eigenvalue weighted by Gasteiger charge is -2.18. The maximum absolute atomic E-state index is 12.3. The zero-order valence-electron chi connectivity index (χ0n) is 61.6. The third-order valence-corrected chi connectivity index (χ3v) is 14.9. The number of ether oxygens (including phenoxy) is 1. The molecule has 88 heavy (non-hydrogen) atoms. The predicted octanol–water partition coefficient (Wildman–Crippen LogP) is 26.8. The molecule has 0 heterocycles. The third-order valence-electron chi connectivity index (χ3n) is 14.9. The number of alkyl halides is 6. The largest absolute Gasteiger partial charge is 0.573 e. The molecule has 0 spiro atoms. The van der Waals surface area contributed by atoms with Crippen molar-refractivity contribution in [2.24, 2.45) is 72.4 Å². The molecule has 0 N–H and O–H groups in total. The van der Waals surface area contributed by atoms with Gasteiger partial charge in [0.05, 0.1) is 0 Å². The van der Waals surface area contributed by atoms with Crippen LogP contribution >= 0.6 is 0 Å². The summed E-state index contributed by atoms with van der Waals surface area (Å²) in [7, 11) is 0. The summed E-state index contributed by atoms with van der Waals surface area (Å²) in [5, 5.41) is 0. The molecule has 4 aromatic carbocycles. The van der Waals surface area contributed by atoms with E-state index >= 15 is 0 Å². The average Bonchev–Trinajstić information content (AvgIpc) is 2.12. The quantitative estimate of drug-likeness (QED) is 0.152. The minimum Gasteiger partial charge on any atom is -0.406 e. The van der Waals surface area contributed by atoms with Gasteiger partial charge in [0.25, 0.3) is 5.92 Å². The molecule has 504 valence electrons. The van der Waals surface area contributed by atoms with Gasteiger partial charge in [0.1, 0.15) is 11.9 Å². The first-order valence-electron chi connectivity index (χ1n) is 33.4. The van der Waals surface area contributed by atoms with Crippen molar-refractivity contribution in [3.63, 3.8) is 0 Å². The molecule has 4 aliphatic rings. The molecule has 4 fully saturated rings. The lowest BCUT2D eigenvalue weighted by molar-refractivity contribution is -0.274. The second-order valence-corrected chi connectivity index (χ2v) is 37.2. The summed E-state index contributed by atoms with van der Waals surface area (Å²) in [6.07, 6.45) is 9.13. The van der Waals surface area contributed by atoms with Gasteiger partial charge in [-0.1, -0.05) is 295 Å². The Bertz CT molecular complexity index is 2370. The molecular formula is C81H132F6O. The molecule has 1 nitrogen and oxygen atoms in total. The van der Waals surface area contributed by atoms with E-state index in [1.165, 1.54) is 72.1 Å². The Morgan fingerprint density at radius 2 is 0.682 bits per heavy atom. The molecule has 0 bridgehead atoms. The van der Waals surface area contributed by atoms with E-state index in [-0.39, 0.29) is 28.9 Å². The Labute approximate surface area is 539 Å². The van der Waals surface area contributed by atoms with Gasteiger partial charge >= 0.3 is 6.36 Å². The van der Waals surface area contributed by atoms with Gasteiger partial charge in [-0.05, 0) is 179 Å². The van der Waals surface area contributed by atoms with Crippen molar-refractivity contribution in [3.05, 3.63) is 137 Å². The Hall–Kier alpha value is -3.74. The van der Waals surface area contributed by atoms with Crippen LogP contribution in [0.2, 0.25) is 0 Å². The van der Waals surface area contributed by atoms with Crippen LogP contribution in [0.25, 0.3) is 0 Å². The maximum atomic E-state index is 12.3. The number of hydrogen-bond acceptors (Lipinski definition) is 1. The molecule has 8 rings (SSSR count). The smallest absolute Gasteiger partial charge is 0.406 e. The molecule has 0 saturated heterocycles. The first-order chi connectivity index (χ1) is 39.4. The summed E-state index contributed by atoms with van der Waals surface area (Å²) in [6.45, 7) is 62.1. The minimum absolute atomic E-state index is 0.0601. The van der Waals surface area contributed by atoms with Crippen LogP contribution in [0.5, 0.6) is 5.75 Å². The van der Waals surface area contributed by atoms with E-state index in [1.807, 2.05) is 20.8 Å². The molecule has 7 heteroatoms. The number of hydrogen-bond donors (Lipinski definition) is 0. The van der Waals surface area contributed by atoms with Gasteiger partial charge in [0, 0.05) is 12.3 Å². The van der Waals surface area contributed by atoms with Gasteiger partial charge in [-0.2, -0.15) is 0 Å². The minimum atomic E-state index is -4.62. The molecule has 0 aliphatic heterocycles. The van der Waals surface area contributed by atoms with E-state index in [0.29, 0.717) is 50.2 Å². The monoisotopic (exact) mass is 1240 g/mol. The Morgan fingerprint density at radius 3 is 0.875 bits per heavy atom. The Morgan fingerprint density at radius 1 is 0.398 bits per heavy atom. The second kappa shape index (κ2) is 33.7. The van der Waals surface area contributed by atoms with Crippen molar-refractivity contribution in [1.29, 1.82) is 0 Å². The van der Waals surface area contributed by atoms with Gasteiger partial charge in [0.2, 0.25) is 0 Å². The van der Waals surface area contributed by atoms with Crippen molar-refractivity contribution in [2.75, 3.05) is 0 Å². The lowest BCUT2D eigenvalue weighted by Crippen LogP contribution is -2.17. The molecule has 4 aromatic rings. The Balaban J connectivity index is 0.000000507. The number of rotatable bonds is 9. The van der Waals surface area contributed by atoms with E-state index in [4.69, 9.17) is 0 Å². The van der Waals surface area contributed by atoms with E-state index in [0.717, 1.165) is 55.9 Å². The molecule has 0 aromatic heterocycles. The fourth-order valence-electron chi connectivity index (χ4n) is 10.6. The van der Waals surface area contributed by atoms with Gasteiger partial charge in [-0.15, -0.1) is 13.2 Å². The maximum Gasteiger partial charge on any atom is 0.573 e. The summed E-state index contributed by atoms with van der Waals surface area (Å²) >= 11 is 0. The van der Waals surface area contributed by atoms with E-state index < -0.39 is 18.5 Å². The fraction of sp³-hybridized carbons (Fsp3) is 0.704. The van der Waals surface area contributed by atoms with Crippen LogP contribution in [0.4, 0.5) is 26.3 Å². The van der Waals surface area contributed by atoms with Gasteiger partial charge in [0.15, 0.2) is 0 Å². The Kier molecular flexibility index (Phi) is 31.5. The summed E-state index contributed by atoms with van der Waals surface area (Å²) < 4.78 is 76.4. The summed E-state index contributed by atoms with van der Waals surface area (Å²) in [5.74, 6) is -0.335. The van der Waals surface area contributed by atoms with Crippen molar-refractivity contribution >= 4 is 0 Å². The zero-order valence-corrected chi connectivity index (χ0v) is 61.6. The van der Waals surface area contributed by atoms with Crippen LogP contribution in [0.15, 0.2) is 103 Å². The highest BCUT2D eigenvalue weighted by Gasteiger charge is 2.57. The number of benzene rings is 4. The highest BCUT2D eigenvalue weighted by molar-refractivity contribution is 5.28. The SMILES string of the molecule is CC(C)(C)CC1CC1.CC(C)(C)CC1CC1(C)C.CC(C)(C)CC1CC1(F)F.CC(C)(C)CC1CC1F.CC(C)(C)Cc1ccc(OC(F)(F)F)cc1.CC(C)(C)Cc1ccccc1.Cc1ccc(CC(C)(C)C)cc1.Cc1ccc(CC(C)(C)C)cc1. The second-order valence-electron chi connectivity index (χ2n) is 37.2. The topological polar surface area (TPSA) is 9.23 Å². The molecule has 4 aliphatic carbocycles. The summed E-state index contributed by atoms with van der Waals surface area (Å²) in [6, 6.07) is 34.2. The van der Waals surface area contributed by atoms with Crippen LogP contribution in [-0.4, -0.2) is 18.5 Å². The van der Waals surface area contributed by atoms with Crippen LogP contribution in [0, 0.1) is 86.3 Å². The third kappa shape index (κ3) is 48.1. The summed E-state index contributed by atoms with van der Waals surface area (Å²) in [4.78, 5) is 0. The highest BCUT2D eigenvalue weighted by Crippen LogP contribution is 2.56. The number of halogens is 6. The van der Waals surface area contributed by atoms with Crippen LogP contribution < -0.4 is 4.74 Å². The van der Waals surface area contributed by atoms with E-state index in [9.17, 15) is 26.3 Å². The predicted molar refractivity (Wildman–Crippen MR) is 372 cm³/mol.